The molecule has 1 aliphatic rings. The highest BCUT2D eigenvalue weighted by Crippen LogP contribution is 2.23. The highest BCUT2D eigenvalue weighted by Gasteiger charge is 2.31. The van der Waals surface area contributed by atoms with E-state index in [1.807, 2.05) is 32.0 Å². The van der Waals surface area contributed by atoms with Gasteiger partial charge in [0.05, 0.1) is 10.2 Å². The molecule has 0 radical (unpaired) electrons. The summed E-state index contributed by atoms with van der Waals surface area (Å²) < 4.78 is 17.1. The van der Waals surface area contributed by atoms with Crippen molar-refractivity contribution in [2.75, 3.05) is 6.61 Å². The molecule has 0 bridgehead atoms. The van der Waals surface area contributed by atoms with Crippen molar-refractivity contribution in [3.05, 3.63) is 40.0 Å². The zero-order valence-corrected chi connectivity index (χ0v) is 12.9. The van der Waals surface area contributed by atoms with E-state index in [-0.39, 0.29) is 6.10 Å². The second kappa shape index (κ2) is 6.02. The molecule has 0 saturated carbocycles. The lowest BCUT2D eigenvalue weighted by Gasteiger charge is -2.15. The molecule has 4 nitrogen and oxygen atoms in total. The maximum absolute atomic E-state index is 11.7. The highest BCUT2D eigenvalue weighted by molar-refractivity contribution is 14.1. The molecule has 0 spiro atoms. The van der Waals surface area contributed by atoms with Gasteiger partial charge in [-0.2, -0.15) is 0 Å². The zero-order chi connectivity index (χ0) is 13.9. The number of benzene rings is 1. The number of carbonyl (C=O) groups is 1. The van der Waals surface area contributed by atoms with Crippen LogP contribution in [0.4, 0.5) is 0 Å². The topological polar surface area (TPSA) is 44.8 Å². The maximum Gasteiger partial charge on any atom is 0.335 e. The minimum Gasteiger partial charge on any atom is -0.422 e. The van der Waals surface area contributed by atoms with Crippen LogP contribution in [0.3, 0.4) is 0 Å². The SMILES string of the molecule is CC1(C)OC[C@H](/C=C\C(=O)Oc2ccccc2I)O1. The fraction of sp³-hybridized carbons (Fsp3) is 0.357. The first kappa shape index (κ1) is 14.5. The Bertz CT molecular complexity index is 496. The molecule has 1 aliphatic heterocycles. The number of para-hydroxylation sites is 1. The molecule has 19 heavy (non-hydrogen) atoms. The summed E-state index contributed by atoms with van der Waals surface area (Å²) in [5.41, 5.74) is 0. The molecule has 1 heterocycles. The summed E-state index contributed by atoms with van der Waals surface area (Å²) in [5, 5.41) is 0. The van der Waals surface area contributed by atoms with E-state index in [2.05, 4.69) is 22.6 Å². The van der Waals surface area contributed by atoms with Crippen molar-refractivity contribution in [1.82, 2.24) is 0 Å². The van der Waals surface area contributed by atoms with Gasteiger partial charge in [-0.15, -0.1) is 0 Å². The molecule has 102 valence electrons. The second-order valence-corrected chi connectivity index (χ2v) is 5.74. The molecule has 0 aliphatic carbocycles. The Hall–Kier alpha value is -0.920. The Kier molecular flexibility index (Phi) is 4.59. The largest absolute Gasteiger partial charge is 0.422 e. The summed E-state index contributed by atoms with van der Waals surface area (Å²) in [6.45, 7) is 4.12. The number of hydrogen-bond acceptors (Lipinski definition) is 4. The quantitative estimate of drug-likeness (QED) is 0.353. The van der Waals surface area contributed by atoms with E-state index in [1.165, 1.54) is 6.08 Å². The molecule has 0 unspecified atom stereocenters. The molecule has 1 fully saturated rings. The molecular formula is C14H15IO4. The average molecular weight is 374 g/mol. The van der Waals surface area contributed by atoms with Crippen molar-refractivity contribution in [3.63, 3.8) is 0 Å². The van der Waals surface area contributed by atoms with E-state index in [0.29, 0.717) is 12.4 Å². The third-order valence-corrected chi connectivity index (χ3v) is 3.42. The van der Waals surface area contributed by atoms with Gasteiger partial charge in [0.1, 0.15) is 11.9 Å². The Morgan fingerprint density at radius 2 is 2.21 bits per heavy atom. The Morgan fingerprint density at radius 3 is 2.84 bits per heavy atom. The van der Waals surface area contributed by atoms with Crippen LogP contribution in [0, 0.1) is 3.57 Å². The number of halogens is 1. The van der Waals surface area contributed by atoms with Crippen molar-refractivity contribution in [3.8, 4) is 5.75 Å². The van der Waals surface area contributed by atoms with Gasteiger partial charge in [-0.1, -0.05) is 12.1 Å². The zero-order valence-electron chi connectivity index (χ0n) is 10.8. The van der Waals surface area contributed by atoms with Crippen LogP contribution >= 0.6 is 22.6 Å². The van der Waals surface area contributed by atoms with E-state index >= 15 is 0 Å². The van der Waals surface area contributed by atoms with Crippen LogP contribution < -0.4 is 4.74 Å². The van der Waals surface area contributed by atoms with Gasteiger partial charge in [0.15, 0.2) is 5.79 Å². The van der Waals surface area contributed by atoms with Crippen molar-refractivity contribution < 1.29 is 19.0 Å². The highest BCUT2D eigenvalue weighted by atomic mass is 127. The van der Waals surface area contributed by atoms with Crippen LogP contribution in [-0.4, -0.2) is 24.5 Å². The van der Waals surface area contributed by atoms with Crippen LogP contribution in [0.1, 0.15) is 13.8 Å². The summed E-state index contributed by atoms with van der Waals surface area (Å²) in [6.07, 6.45) is 2.82. The number of ether oxygens (including phenoxy) is 3. The maximum atomic E-state index is 11.7. The minimum absolute atomic E-state index is 0.211. The lowest BCUT2D eigenvalue weighted by Crippen LogP contribution is -2.20. The molecule has 0 amide bonds. The van der Waals surface area contributed by atoms with Crippen molar-refractivity contribution >= 4 is 28.6 Å². The monoisotopic (exact) mass is 374 g/mol. The van der Waals surface area contributed by atoms with E-state index in [0.717, 1.165) is 3.57 Å². The van der Waals surface area contributed by atoms with Gasteiger partial charge in [0.25, 0.3) is 0 Å². The molecular weight excluding hydrogens is 359 g/mol. The first-order valence-electron chi connectivity index (χ1n) is 5.92. The van der Waals surface area contributed by atoms with Crippen LogP contribution in [-0.2, 0) is 14.3 Å². The first-order chi connectivity index (χ1) is 8.96. The van der Waals surface area contributed by atoms with Crippen LogP contribution in [0.5, 0.6) is 5.75 Å². The van der Waals surface area contributed by atoms with Crippen molar-refractivity contribution in [2.24, 2.45) is 0 Å². The molecule has 2 rings (SSSR count). The van der Waals surface area contributed by atoms with Gasteiger partial charge in [-0.05, 0) is 54.6 Å². The van der Waals surface area contributed by atoms with Crippen LogP contribution in [0.15, 0.2) is 36.4 Å². The summed E-state index contributed by atoms with van der Waals surface area (Å²) in [4.78, 5) is 11.7. The molecule has 1 atom stereocenters. The predicted octanol–water partition coefficient (Wildman–Crippen LogP) is 2.90. The van der Waals surface area contributed by atoms with Gasteiger partial charge in [0, 0.05) is 6.08 Å². The third kappa shape index (κ3) is 4.29. The number of hydrogen-bond donors (Lipinski definition) is 0. The van der Waals surface area contributed by atoms with Gasteiger partial charge in [0.2, 0.25) is 0 Å². The van der Waals surface area contributed by atoms with E-state index in [4.69, 9.17) is 14.2 Å². The molecule has 1 aromatic carbocycles. The van der Waals surface area contributed by atoms with E-state index < -0.39 is 11.8 Å². The van der Waals surface area contributed by atoms with E-state index in [1.54, 1.807) is 12.1 Å². The lowest BCUT2D eigenvalue weighted by molar-refractivity contribution is -0.134. The molecule has 1 saturated heterocycles. The van der Waals surface area contributed by atoms with Crippen molar-refractivity contribution in [2.45, 2.75) is 25.7 Å². The molecule has 5 heteroatoms. The minimum atomic E-state index is -0.590. The van der Waals surface area contributed by atoms with Gasteiger partial charge in [-0.25, -0.2) is 4.79 Å². The lowest BCUT2D eigenvalue weighted by atomic mass is 10.3. The number of carbonyl (C=O) groups excluding carboxylic acids is 1. The summed E-state index contributed by atoms with van der Waals surface area (Å²) in [6, 6.07) is 7.35. The summed E-state index contributed by atoms with van der Waals surface area (Å²) in [5.74, 6) is -0.452. The molecule has 1 aromatic rings. The second-order valence-electron chi connectivity index (χ2n) is 4.58. The van der Waals surface area contributed by atoms with E-state index in [9.17, 15) is 4.79 Å². The number of esters is 1. The van der Waals surface area contributed by atoms with Gasteiger partial charge >= 0.3 is 5.97 Å². The normalized spacial score (nSPS) is 21.7. The van der Waals surface area contributed by atoms with Crippen LogP contribution in [0.25, 0.3) is 0 Å². The third-order valence-electron chi connectivity index (χ3n) is 2.52. The summed E-state index contributed by atoms with van der Waals surface area (Å²) in [7, 11) is 0. The fourth-order valence-electron chi connectivity index (χ4n) is 1.67. The van der Waals surface area contributed by atoms with Crippen molar-refractivity contribution in [1.29, 1.82) is 0 Å². The van der Waals surface area contributed by atoms with Crippen LogP contribution in [0.2, 0.25) is 0 Å². The average Bonchev–Trinajstić information content (AvgIpc) is 2.69. The standard InChI is InChI=1S/C14H15IO4/c1-14(2)17-9-10(19-14)7-8-13(16)18-12-6-4-3-5-11(12)15/h3-8,10H,9H2,1-2H3/b8-7-/t10-/m0/s1. The Labute approximate surface area is 125 Å². The van der Waals surface area contributed by atoms with Gasteiger partial charge in [-0.3, -0.25) is 0 Å². The summed E-state index contributed by atoms with van der Waals surface area (Å²) >= 11 is 2.12. The molecule has 0 N–H and O–H groups in total. The number of rotatable bonds is 3. The smallest absolute Gasteiger partial charge is 0.335 e. The van der Waals surface area contributed by atoms with Gasteiger partial charge < -0.3 is 14.2 Å². The Balaban J connectivity index is 1.90. The fourth-order valence-corrected chi connectivity index (χ4v) is 2.16. The molecule has 0 aromatic heterocycles. The first-order valence-corrected chi connectivity index (χ1v) is 7.00. The predicted molar refractivity (Wildman–Crippen MR) is 78.8 cm³/mol. The Morgan fingerprint density at radius 1 is 1.47 bits per heavy atom.